The fourth-order valence-electron chi connectivity index (χ4n) is 4.20. The first-order valence-corrected chi connectivity index (χ1v) is 10.9. The monoisotopic (exact) mass is 397 g/mol. The van der Waals surface area contributed by atoms with E-state index in [0.717, 1.165) is 37.2 Å². The lowest BCUT2D eigenvalue weighted by atomic mass is 9.96. The van der Waals surface area contributed by atoms with E-state index in [1.807, 2.05) is 35.2 Å². The highest BCUT2D eigenvalue weighted by Crippen LogP contribution is 2.33. The quantitative estimate of drug-likeness (QED) is 0.791. The van der Waals surface area contributed by atoms with Crippen molar-refractivity contribution in [3.8, 4) is 0 Å². The van der Waals surface area contributed by atoms with Crippen molar-refractivity contribution in [3.05, 3.63) is 51.5 Å². The molecule has 148 valence electrons. The molecule has 2 saturated heterocycles. The molecular formula is C22H27N3O2S. The number of piperidine rings is 1. The van der Waals surface area contributed by atoms with Crippen LogP contribution in [0.25, 0.3) is 0 Å². The van der Waals surface area contributed by atoms with E-state index in [4.69, 9.17) is 4.98 Å². The van der Waals surface area contributed by atoms with Crippen molar-refractivity contribution >= 4 is 23.2 Å². The van der Waals surface area contributed by atoms with E-state index in [9.17, 15) is 9.59 Å². The Bertz CT molecular complexity index is 836. The van der Waals surface area contributed by atoms with Gasteiger partial charge in [-0.1, -0.05) is 30.3 Å². The van der Waals surface area contributed by atoms with Crippen LogP contribution in [0.5, 0.6) is 0 Å². The summed E-state index contributed by atoms with van der Waals surface area (Å²) in [7, 11) is 0. The summed E-state index contributed by atoms with van der Waals surface area (Å²) in [6.45, 7) is 6.21. The Morgan fingerprint density at radius 1 is 1.14 bits per heavy atom. The van der Waals surface area contributed by atoms with Crippen LogP contribution in [0, 0.1) is 13.8 Å². The SMILES string of the molecule is Cc1nc(C2CCN(C(=O)C3CCC(=O)N3Cc3ccccc3)CC2)sc1C. The highest BCUT2D eigenvalue weighted by Gasteiger charge is 2.39. The zero-order valence-corrected chi connectivity index (χ0v) is 17.4. The molecule has 28 heavy (non-hydrogen) atoms. The third-order valence-corrected chi connectivity index (χ3v) is 7.25. The Morgan fingerprint density at radius 2 is 1.86 bits per heavy atom. The van der Waals surface area contributed by atoms with Crippen molar-refractivity contribution in [2.75, 3.05) is 13.1 Å². The lowest BCUT2D eigenvalue weighted by Gasteiger charge is -2.35. The van der Waals surface area contributed by atoms with Crippen LogP contribution in [0.1, 0.15) is 52.7 Å². The molecule has 2 aliphatic rings. The average molecular weight is 398 g/mol. The summed E-state index contributed by atoms with van der Waals surface area (Å²) in [5.74, 6) is 0.657. The molecule has 1 aromatic carbocycles. The van der Waals surface area contributed by atoms with Crippen LogP contribution >= 0.6 is 11.3 Å². The van der Waals surface area contributed by atoms with Gasteiger partial charge >= 0.3 is 0 Å². The summed E-state index contributed by atoms with van der Waals surface area (Å²) in [6, 6.07) is 9.62. The molecule has 0 N–H and O–H groups in total. The molecule has 1 aromatic heterocycles. The third-order valence-electron chi connectivity index (χ3n) is 6.01. The first-order valence-electron chi connectivity index (χ1n) is 10.1. The van der Waals surface area contributed by atoms with E-state index in [1.54, 1.807) is 16.2 Å². The number of nitrogens with zero attached hydrogens (tertiary/aromatic N) is 3. The van der Waals surface area contributed by atoms with Crippen molar-refractivity contribution in [1.29, 1.82) is 0 Å². The van der Waals surface area contributed by atoms with Crippen LogP contribution in [-0.2, 0) is 16.1 Å². The summed E-state index contributed by atoms with van der Waals surface area (Å²) in [5.41, 5.74) is 2.20. The van der Waals surface area contributed by atoms with Crippen molar-refractivity contribution in [1.82, 2.24) is 14.8 Å². The number of carbonyl (C=O) groups excluding carboxylic acids is 2. The maximum Gasteiger partial charge on any atom is 0.245 e. The van der Waals surface area contributed by atoms with Crippen LogP contribution < -0.4 is 0 Å². The van der Waals surface area contributed by atoms with Gasteiger partial charge in [0.1, 0.15) is 6.04 Å². The maximum absolute atomic E-state index is 13.2. The molecule has 5 nitrogen and oxygen atoms in total. The number of hydrogen-bond donors (Lipinski definition) is 0. The van der Waals surface area contributed by atoms with Crippen molar-refractivity contribution < 1.29 is 9.59 Å². The van der Waals surface area contributed by atoms with Crippen LogP contribution in [0.3, 0.4) is 0 Å². The number of aromatic nitrogens is 1. The van der Waals surface area contributed by atoms with Gasteiger partial charge in [-0.05, 0) is 38.7 Å². The Labute approximate surface area is 170 Å². The Morgan fingerprint density at radius 3 is 2.50 bits per heavy atom. The molecule has 0 saturated carbocycles. The highest BCUT2D eigenvalue weighted by atomic mass is 32.1. The van der Waals surface area contributed by atoms with Gasteiger partial charge < -0.3 is 9.80 Å². The molecule has 2 amide bonds. The number of rotatable bonds is 4. The van der Waals surface area contributed by atoms with E-state index >= 15 is 0 Å². The summed E-state index contributed by atoms with van der Waals surface area (Å²) in [4.78, 5) is 35.3. The molecule has 4 rings (SSSR count). The number of carbonyl (C=O) groups is 2. The normalized spacial score (nSPS) is 20.8. The maximum atomic E-state index is 13.2. The minimum absolute atomic E-state index is 0.0887. The van der Waals surface area contributed by atoms with Gasteiger partial charge in [0, 0.05) is 36.9 Å². The fraction of sp³-hybridized carbons (Fsp3) is 0.500. The third kappa shape index (κ3) is 3.83. The minimum Gasteiger partial charge on any atom is -0.341 e. The smallest absolute Gasteiger partial charge is 0.245 e. The predicted molar refractivity (Wildman–Crippen MR) is 110 cm³/mol. The number of hydrogen-bond acceptors (Lipinski definition) is 4. The van der Waals surface area contributed by atoms with E-state index in [0.29, 0.717) is 25.3 Å². The topological polar surface area (TPSA) is 53.5 Å². The first-order chi connectivity index (χ1) is 13.5. The number of aryl methyl sites for hydroxylation is 2. The van der Waals surface area contributed by atoms with Gasteiger partial charge in [-0.25, -0.2) is 4.98 Å². The second-order valence-electron chi connectivity index (χ2n) is 7.85. The summed E-state index contributed by atoms with van der Waals surface area (Å²) < 4.78 is 0. The van der Waals surface area contributed by atoms with Crippen LogP contribution in [0.4, 0.5) is 0 Å². The van der Waals surface area contributed by atoms with Crippen LogP contribution in [0.15, 0.2) is 30.3 Å². The standard InChI is InChI=1S/C22H27N3O2S/c1-15-16(2)28-21(23-15)18-10-12-24(13-11-18)22(27)19-8-9-20(26)25(19)14-17-6-4-3-5-7-17/h3-7,18-19H,8-14H2,1-2H3. The molecule has 3 heterocycles. The fourth-order valence-corrected chi connectivity index (χ4v) is 5.29. The Hall–Kier alpha value is -2.21. The van der Waals surface area contributed by atoms with Gasteiger partial charge in [0.15, 0.2) is 0 Å². The Balaban J connectivity index is 1.39. The molecular weight excluding hydrogens is 370 g/mol. The zero-order chi connectivity index (χ0) is 19.7. The van der Waals surface area contributed by atoms with E-state index in [2.05, 4.69) is 13.8 Å². The number of amides is 2. The van der Waals surface area contributed by atoms with Crippen LogP contribution in [0.2, 0.25) is 0 Å². The highest BCUT2D eigenvalue weighted by molar-refractivity contribution is 7.11. The second-order valence-corrected chi connectivity index (χ2v) is 9.09. The van der Waals surface area contributed by atoms with E-state index in [1.165, 1.54) is 9.88 Å². The number of thiazole rings is 1. The summed E-state index contributed by atoms with van der Waals surface area (Å²) >= 11 is 1.79. The second kappa shape index (κ2) is 8.03. The number of benzene rings is 1. The number of likely N-dealkylation sites (tertiary alicyclic amines) is 2. The van der Waals surface area contributed by atoms with E-state index < -0.39 is 0 Å². The van der Waals surface area contributed by atoms with Crippen LogP contribution in [-0.4, -0.2) is 45.7 Å². The molecule has 6 heteroatoms. The summed E-state index contributed by atoms with van der Waals surface area (Å²) in [5, 5.41) is 1.21. The summed E-state index contributed by atoms with van der Waals surface area (Å²) in [6.07, 6.45) is 3.02. The zero-order valence-electron chi connectivity index (χ0n) is 16.6. The molecule has 1 atom stereocenters. The molecule has 0 radical (unpaired) electrons. The molecule has 2 aliphatic heterocycles. The van der Waals surface area contributed by atoms with Crippen molar-refractivity contribution in [2.45, 2.75) is 58.0 Å². The molecule has 0 spiro atoms. The van der Waals surface area contributed by atoms with Crippen molar-refractivity contribution in [2.24, 2.45) is 0 Å². The van der Waals surface area contributed by atoms with Gasteiger partial charge in [-0.15, -0.1) is 11.3 Å². The first kappa shape index (κ1) is 19.1. The molecule has 0 bridgehead atoms. The van der Waals surface area contributed by atoms with Gasteiger partial charge in [-0.2, -0.15) is 0 Å². The van der Waals surface area contributed by atoms with Gasteiger partial charge in [-0.3, -0.25) is 9.59 Å². The predicted octanol–water partition coefficient (Wildman–Crippen LogP) is 3.66. The van der Waals surface area contributed by atoms with Crippen molar-refractivity contribution in [3.63, 3.8) is 0 Å². The lowest BCUT2D eigenvalue weighted by molar-refractivity contribution is -0.142. The van der Waals surface area contributed by atoms with Gasteiger partial charge in [0.25, 0.3) is 0 Å². The largest absolute Gasteiger partial charge is 0.341 e. The Kier molecular flexibility index (Phi) is 5.49. The molecule has 0 aliphatic carbocycles. The molecule has 2 fully saturated rings. The van der Waals surface area contributed by atoms with Gasteiger partial charge in [0.05, 0.1) is 10.7 Å². The van der Waals surface area contributed by atoms with E-state index in [-0.39, 0.29) is 17.9 Å². The lowest BCUT2D eigenvalue weighted by Crippen LogP contribution is -2.48. The molecule has 2 aromatic rings. The molecule has 1 unspecified atom stereocenters. The minimum atomic E-state index is -0.311. The average Bonchev–Trinajstić information content (AvgIpc) is 3.24. The van der Waals surface area contributed by atoms with Gasteiger partial charge in [0.2, 0.25) is 11.8 Å².